The maximum absolute atomic E-state index is 5.92. The molecule has 2 aromatic heterocycles. The van der Waals surface area contributed by atoms with Gasteiger partial charge in [0.15, 0.2) is 0 Å². The van der Waals surface area contributed by atoms with Gasteiger partial charge in [-0.1, -0.05) is 11.6 Å². The van der Waals surface area contributed by atoms with Gasteiger partial charge in [0.1, 0.15) is 5.15 Å². The first-order valence-electron chi connectivity index (χ1n) is 3.08. The highest BCUT2D eigenvalue weighted by molar-refractivity contribution is 9.13. The number of halogens is 3. The third-order valence-corrected chi connectivity index (χ3v) is 5.16. The molecule has 0 aliphatic heterocycles. The second-order valence-electron chi connectivity index (χ2n) is 2.16. The summed E-state index contributed by atoms with van der Waals surface area (Å²) in [5.74, 6) is 0. The number of thiophene rings is 1. The van der Waals surface area contributed by atoms with Gasteiger partial charge in [-0.25, -0.2) is 4.98 Å². The Kier molecular flexibility index (Phi) is 2.42. The summed E-state index contributed by atoms with van der Waals surface area (Å²) in [6.07, 6.45) is 1.71. The molecule has 0 saturated heterocycles. The maximum atomic E-state index is 5.92. The predicted octanol–water partition coefficient (Wildman–Crippen LogP) is 4.47. The topological polar surface area (TPSA) is 12.9 Å². The van der Waals surface area contributed by atoms with Crippen LogP contribution in [-0.2, 0) is 0 Å². The van der Waals surface area contributed by atoms with E-state index < -0.39 is 0 Å². The van der Waals surface area contributed by atoms with Gasteiger partial charge in [0.25, 0.3) is 0 Å². The normalized spacial score (nSPS) is 10.9. The first-order valence-corrected chi connectivity index (χ1v) is 5.86. The van der Waals surface area contributed by atoms with E-state index in [1.54, 1.807) is 17.5 Å². The van der Waals surface area contributed by atoms with Crippen LogP contribution in [0.4, 0.5) is 0 Å². The molecule has 2 heterocycles. The zero-order chi connectivity index (χ0) is 8.72. The molecule has 0 aromatic carbocycles. The minimum Gasteiger partial charge on any atom is -0.244 e. The average molecular weight is 327 g/mol. The quantitative estimate of drug-likeness (QED) is 0.650. The fourth-order valence-corrected chi connectivity index (χ4v) is 3.68. The van der Waals surface area contributed by atoms with Crippen molar-refractivity contribution in [2.24, 2.45) is 0 Å². The highest BCUT2D eigenvalue weighted by Crippen LogP contribution is 2.41. The minimum absolute atomic E-state index is 0.543. The summed E-state index contributed by atoms with van der Waals surface area (Å²) in [5, 5.41) is 1.53. The molecule has 0 aliphatic rings. The maximum Gasteiger partial charge on any atom is 0.138 e. The molecule has 0 N–H and O–H groups in total. The van der Waals surface area contributed by atoms with Crippen LogP contribution in [-0.4, -0.2) is 4.98 Å². The van der Waals surface area contributed by atoms with E-state index in [1.165, 1.54) is 0 Å². The second-order valence-corrected chi connectivity index (χ2v) is 5.69. The van der Waals surface area contributed by atoms with E-state index in [4.69, 9.17) is 11.6 Å². The number of hydrogen-bond acceptors (Lipinski definition) is 2. The smallest absolute Gasteiger partial charge is 0.138 e. The zero-order valence-corrected chi connectivity index (χ0v) is 10.4. The van der Waals surface area contributed by atoms with E-state index in [9.17, 15) is 0 Å². The summed E-state index contributed by atoms with van der Waals surface area (Å²) in [6, 6.07) is 1.95. The lowest BCUT2D eigenvalue weighted by molar-refractivity contribution is 1.37. The minimum atomic E-state index is 0.543. The fourth-order valence-electron chi connectivity index (χ4n) is 0.943. The van der Waals surface area contributed by atoms with Crippen molar-refractivity contribution in [2.75, 3.05) is 0 Å². The first-order chi connectivity index (χ1) is 5.70. The fraction of sp³-hybridized carbons (Fsp3) is 0. The van der Waals surface area contributed by atoms with Crippen molar-refractivity contribution in [2.45, 2.75) is 0 Å². The summed E-state index contributed by atoms with van der Waals surface area (Å²) in [5.41, 5.74) is 0. The van der Waals surface area contributed by atoms with Crippen molar-refractivity contribution >= 4 is 64.9 Å². The Bertz CT molecular complexity index is 440. The van der Waals surface area contributed by atoms with Gasteiger partial charge < -0.3 is 0 Å². The van der Waals surface area contributed by atoms with Crippen LogP contribution in [0.25, 0.3) is 10.1 Å². The molecule has 0 amide bonds. The van der Waals surface area contributed by atoms with Gasteiger partial charge in [-0.15, -0.1) is 11.3 Å². The summed E-state index contributed by atoms with van der Waals surface area (Å²) >= 11 is 14.4. The highest BCUT2D eigenvalue weighted by Gasteiger charge is 2.10. The van der Waals surface area contributed by atoms with Gasteiger partial charge >= 0.3 is 0 Å². The van der Waals surface area contributed by atoms with Crippen LogP contribution in [0.2, 0.25) is 5.15 Å². The van der Waals surface area contributed by atoms with Crippen LogP contribution >= 0.6 is 54.8 Å². The molecule has 0 atom stereocenters. The largest absolute Gasteiger partial charge is 0.244 e. The van der Waals surface area contributed by atoms with Crippen molar-refractivity contribution < 1.29 is 0 Å². The Hall–Kier alpha value is 0.360. The second kappa shape index (κ2) is 3.25. The summed E-state index contributed by atoms with van der Waals surface area (Å²) in [7, 11) is 0. The molecule has 5 heteroatoms. The molecule has 62 valence electrons. The molecular weight excluding hydrogens is 325 g/mol. The number of pyridine rings is 1. The molecule has 2 aromatic rings. The molecule has 0 bridgehead atoms. The Morgan fingerprint density at radius 1 is 1.42 bits per heavy atom. The number of rotatable bonds is 0. The Labute approximate surface area is 95.0 Å². The number of fused-ring (bicyclic) bond motifs is 1. The molecular formula is C7H2Br2ClNS. The van der Waals surface area contributed by atoms with Gasteiger partial charge in [-0.3, -0.25) is 0 Å². The molecule has 0 spiro atoms. The van der Waals surface area contributed by atoms with E-state index >= 15 is 0 Å². The van der Waals surface area contributed by atoms with Gasteiger partial charge in [-0.05, 0) is 37.9 Å². The number of nitrogens with zero attached hydrogens (tertiary/aromatic N) is 1. The van der Waals surface area contributed by atoms with Crippen LogP contribution in [0.1, 0.15) is 0 Å². The van der Waals surface area contributed by atoms with Crippen LogP contribution in [0.3, 0.4) is 0 Å². The highest BCUT2D eigenvalue weighted by atomic mass is 79.9. The monoisotopic (exact) mass is 325 g/mol. The third-order valence-electron chi connectivity index (χ3n) is 1.46. The van der Waals surface area contributed by atoms with E-state index in [0.29, 0.717) is 5.15 Å². The molecule has 0 radical (unpaired) electrons. The molecule has 1 nitrogen and oxygen atoms in total. The first kappa shape index (κ1) is 8.94. The van der Waals surface area contributed by atoms with E-state index in [1.807, 2.05) is 6.07 Å². The average Bonchev–Trinajstić information content (AvgIpc) is 2.29. The number of hydrogen-bond donors (Lipinski definition) is 0. The van der Waals surface area contributed by atoms with Crippen molar-refractivity contribution in [1.82, 2.24) is 4.98 Å². The zero-order valence-electron chi connectivity index (χ0n) is 5.64. The standard InChI is InChI=1S/C7H2Br2ClNS/c8-5-4-3(12-6(5)9)1-2-11-7(4)10/h1-2H. The van der Waals surface area contributed by atoms with Crippen molar-refractivity contribution in [3.63, 3.8) is 0 Å². The molecule has 0 saturated carbocycles. The third kappa shape index (κ3) is 1.31. The summed E-state index contributed by atoms with van der Waals surface area (Å²) in [4.78, 5) is 4.00. The molecule has 12 heavy (non-hydrogen) atoms. The van der Waals surface area contributed by atoms with Gasteiger partial charge in [-0.2, -0.15) is 0 Å². The Balaban J connectivity index is 2.97. The van der Waals surface area contributed by atoms with Gasteiger partial charge in [0.2, 0.25) is 0 Å². The van der Waals surface area contributed by atoms with E-state index in [0.717, 1.165) is 18.3 Å². The summed E-state index contributed by atoms with van der Waals surface area (Å²) < 4.78 is 3.17. The van der Waals surface area contributed by atoms with Gasteiger partial charge in [0, 0.05) is 16.3 Å². The van der Waals surface area contributed by atoms with Crippen LogP contribution < -0.4 is 0 Å². The van der Waals surface area contributed by atoms with Crippen molar-refractivity contribution in [3.05, 3.63) is 25.7 Å². The van der Waals surface area contributed by atoms with E-state index in [2.05, 4.69) is 36.8 Å². The molecule has 0 unspecified atom stereocenters. The summed E-state index contributed by atoms with van der Waals surface area (Å²) in [6.45, 7) is 0. The lowest BCUT2D eigenvalue weighted by atomic mass is 10.3. The number of aromatic nitrogens is 1. The van der Waals surface area contributed by atoms with Crippen LogP contribution in [0.5, 0.6) is 0 Å². The SMILES string of the molecule is Clc1nccc2sc(Br)c(Br)c12. The van der Waals surface area contributed by atoms with Crippen LogP contribution in [0.15, 0.2) is 20.5 Å². The lowest BCUT2D eigenvalue weighted by Crippen LogP contribution is -1.72. The Morgan fingerprint density at radius 3 is 2.83 bits per heavy atom. The lowest BCUT2D eigenvalue weighted by Gasteiger charge is -1.91. The van der Waals surface area contributed by atoms with E-state index in [-0.39, 0.29) is 0 Å². The van der Waals surface area contributed by atoms with Crippen molar-refractivity contribution in [1.29, 1.82) is 0 Å². The predicted molar refractivity (Wildman–Crippen MR) is 60.0 cm³/mol. The molecule has 0 fully saturated rings. The Morgan fingerprint density at radius 2 is 2.17 bits per heavy atom. The van der Waals surface area contributed by atoms with Crippen LogP contribution in [0, 0.1) is 0 Å². The van der Waals surface area contributed by atoms with Gasteiger partial charge in [0.05, 0.1) is 8.26 Å². The molecule has 2 rings (SSSR count). The van der Waals surface area contributed by atoms with Crippen molar-refractivity contribution in [3.8, 4) is 0 Å². The molecule has 0 aliphatic carbocycles.